The Balaban J connectivity index is 2.78. The van der Waals surface area contributed by atoms with Crippen molar-refractivity contribution in [2.45, 2.75) is 0 Å². The van der Waals surface area contributed by atoms with Crippen molar-refractivity contribution >= 4 is 23.6 Å². The molecule has 0 aliphatic carbocycles. The number of hydrogen-bond acceptors (Lipinski definition) is 2. The van der Waals surface area contributed by atoms with Gasteiger partial charge in [0.05, 0.1) is 0 Å². The van der Waals surface area contributed by atoms with Gasteiger partial charge in [0.25, 0.3) is 0 Å². The van der Waals surface area contributed by atoms with Crippen molar-refractivity contribution in [3.05, 3.63) is 24.3 Å². The molecule has 0 fully saturated rings. The molecule has 6 heteroatoms. The summed E-state index contributed by atoms with van der Waals surface area (Å²) in [5.74, 6) is 0. The van der Waals surface area contributed by atoms with Crippen LogP contribution in [0.1, 0.15) is 0 Å². The summed E-state index contributed by atoms with van der Waals surface area (Å²) in [6, 6.07) is 5.69. The van der Waals surface area contributed by atoms with Crippen LogP contribution in [0.25, 0.3) is 0 Å². The first kappa shape index (κ1) is 9.85. The molecule has 6 nitrogen and oxygen atoms in total. The number of carbonyl (C=O) groups excluding carboxylic acids is 2. The lowest BCUT2D eigenvalue weighted by Crippen LogP contribution is -2.08. The van der Waals surface area contributed by atoms with Gasteiger partial charge in [0, 0.05) is 11.4 Å². The van der Waals surface area contributed by atoms with Crippen molar-refractivity contribution in [2.75, 3.05) is 10.6 Å². The molecule has 0 saturated heterocycles. The Hall–Kier alpha value is -2.24. The Labute approximate surface area is 79.2 Å². The third-order valence-electron chi connectivity index (χ3n) is 1.36. The molecule has 2 amide bonds. The number of benzene rings is 1. The first-order valence-corrected chi connectivity index (χ1v) is 3.64. The quantitative estimate of drug-likeness (QED) is 0.747. The summed E-state index contributed by atoms with van der Waals surface area (Å²) in [7, 11) is 0. The van der Waals surface area contributed by atoms with Crippen molar-refractivity contribution in [1.29, 1.82) is 0 Å². The molecule has 0 aromatic heterocycles. The summed E-state index contributed by atoms with van der Waals surface area (Å²) in [5.41, 5.74) is 0.438. The van der Waals surface area contributed by atoms with Crippen molar-refractivity contribution < 1.29 is 19.8 Å². The van der Waals surface area contributed by atoms with E-state index in [9.17, 15) is 19.8 Å². The van der Waals surface area contributed by atoms with Crippen molar-refractivity contribution in [3.8, 4) is 0 Å². The highest BCUT2D eigenvalue weighted by Crippen LogP contribution is 2.14. The van der Waals surface area contributed by atoms with E-state index in [1.54, 1.807) is 0 Å². The Morgan fingerprint density at radius 1 is 0.929 bits per heavy atom. The molecule has 0 unspecified atom stereocenters. The van der Waals surface area contributed by atoms with E-state index in [4.69, 9.17) is 0 Å². The largest absolute Gasteiger partial charge is 0.454 e. The highest BCUT2D eigenvalue weighted by atomic mass is 16.4. The summed E-state index contributed by atoms with van der Waals surface area (Å²) in [6.07, 6.45) is -2.92. The zero-order chi connectivity index (χ0) is 10.6. The average Bonchev–Trinajstić information content (AvgIpc) is 2.01. The molecule has 2 radical (unpaired) electrons. The van der Waals surface area contributed by atoms with Gasteiger partial charge in [-0.1, -0.05) is 6.07 Å². The van der Waals surface area contributed by atoms with E-state index in [0.29, 0.717) is 0 Å². The molecule has 72 valence electrons. The van der Waals surface area contributed by atoms with Gasteiger partial charge in [-0.2, -0.15) is 0 Å². The maximum atomic E-state index is 10.1. The highest BCUT2D eigenvalue weighted by Gasteiger charge is 2.03. The van der Waals surface area contributed by atoms with Crippen LogP contribution >= 0.6 is 0 Å². The molecule has 2 N–H and O–H groups in total. The van der Waals surface area contributed by atoms with Gasteiger partial charge in [-0.25, -0.2) is 19.8 Å². The summed E-state index contributed by atoms with van der Waals surface area (Å²) in [6.45, 7) is 0. The van der Waals surface area contributed by atoms with E-state index in [0.717, 1.165) is 0 Å². The number of carbonyl (C=O) groups is 2. The van der Waals surface area contributed by atoms with Crippen LogP contribution in [-0.2, 0) is 10.2 Å². The lowest BCUT2D eigenvalue weighted by molar-refractivity contribution is 0.184. The highest BCUT2D eigenvalue weighted by molar-refractivity contribution is 5.86. The van der Waals surface area contributed by atoms with E-state index in [1.165, 1.54) is 24.3 Å². The number of hydrogen-bond donors (Lipinski definition) is 2. The Kier molecular flexibility index (Phi) is 2.90. The van der Waals surface area contributed by atoms with E-state index in [1.807, 2.05) is 10.6 Å². The zero-order valence-corrected chi connectivity index (χ0v) is 6.94. The van der Waals surface area contributed by atoms with Crippen molar-refractivity contribution in [2.24, 2.45) is 0 Å². The van der Waals surface area contributed by atoms with Crippen LogP contribution in [0.4, 0.5) is 21.0 Å². The molecule has 14 heavy (non-hydrogen) atoms. The van der Waals surface area contributed by atoms with Crippen molar-refractivity contribution in [1.82, 2.24) is 0 Å². The molecule has 0 spiro atoms. The Morgan fingerprint density at radius 2 is 1.36 bits per heavy atom. The molecule has 0 heterocycles. The van der Waals surface area contributed by atoms with Crippen LogP contribution in [-0.4, -0.2) is 12.2 Å². The Morgan fingerprint density at radius 3 is 1.71 bits per heavy atom. The predicted molar refractivity (Wildman–Crippen MR) is 45.9 cm³/mol. The Bertz CT molecular complexity index is 333. The summed E-state index contributed by atoms with van der Waals surface area (Å²) in [5, 5.41) is 24.2. The number of rotatable bonds is 2. The monoisotopic (exact) mass is 194 g/mol. The van der Waals surface area contributed by atoms with Gasteiger partial charge in [-0.15, -0.1) is 0 Å². The van der Waals surface area contributed by atoms with Gasteiger partial charge in [0.15, 0.2) is 0 Å². The van der Waals surface area contributed by atoms with E-state index in [-0.39, 0.29) is 11.4 Å². The smallest absolute Gasteiger partial charge is 0.288 e. The fourth-order valence-corrected chi connectivity index (χ4v) is 0.910. The molecule has 0 aliphatic rings. The fraction of sp³-hybridized carbons (Fsp3) is 0. The summed E-state index contributed by atoms with van der Waals surface area (Å²) >= 11 is 0. The van der Waals surface area contributed by atoms with Gasteiger partial charge >= 0.3 is 12.2 Å². The minimum atomic E-state index is -1.46. The van der Waals surface area contributed by atoms with Gasteiger partial charge in [0.2, 0.25) is 0 Å². The molecule has 0 saturated carbocycles. The molecular weight excluding hydrogens is 188 g/mol. The summed E-state index contributed by atoms with van der Waals surface area (Å²) < 4.78 is 0. The van der Waals surface area contributed by atoms with Gasteiger partial charge in [-0.05, 0) is 18.2 Å². The van der Waals surface area contributed by atoms with Crippen LogP contribution in [0.15, 0.2) is 24.3 Å². The van der Waals surface area contributed by atoms with Crippen molar-refractivity contribution in [3.63, 3.8) is 0 Å². The summed E-state index contributed by atoms with van der Waals surface area (Å²) in [4.78, 5) is 20.3. The molecule has 1 rings (SSSR count). The second-order valence-corrected chi connectivity index (χ2v) is 2.41. The molecule has 0 aliphatic heterocycles. The zero-order valence-electron chi connectivity index (χ0n) is 6.94. The third-order valence-corrected chi connectivity index (χ3v) is 1.36. The fourth-order valence-electron chi connectivity index (χ4n) is 0.910. The third kappa shape index (κ3) is 3.02. The predicted octanol–water partition coefficient (Wildman–Crippen LogP) is 1.61. The molecule has 1 aromatic carbocycles. The first-order chi connectivity index (χ1) is 6.58. The molecule has 1 aromatic rings. The topological polar surface area (TPSA) is 98.0 Å². The number of anilines is 2. The first-order valence-electron chi connectivity index (χ1n) is 3.64. The van der Waals surface area contributed by atoms with E-state index < -0.39 is 12.2 Å². The van der Waals surface area contributed by atoms with Crippen LogP contribution in [0, 0.1) is 0 Å². The molecule has 0 bridgehead atoms. The van der Waals surface area contributed by atoms with Gasteiger partial charge in [-0.3, -0.25) is 10.6 Å². The van der Waals surface area contributed by atoms with Crippen LogP contribution < -0.4 is 10.6 Å². The van der Waals surface area contributed by atoms with Crippen LogP contribution in [0.5, 0.6) is 0 Å². The van der Waals surface area contributed by atoms with E-state index >= 15 is 0 Å². The minimum Gasteiger partial charge on any atom is -0.288 e. The van der Waals surface area contributed by atoms with Gasteiger partial charge < -0.3 is 0 Å². The second-order valence-electron chi connectivity index (χ2n) is 2.41. The van der Waals surface area contributed by atoms with Crippen LogP contribution in [0.2, 0.25) is 0 Å². The second kappa shape index (κ2) is 4.13. The minimum absolute atomic E-state index is 0.219. The van der Waals surface area contributed by atoms with Crippen LogP contribution in [0.3, 0.4) is 0 Å². The lowest BCUT2D eigenvalue weighted by Gasteiger charge is -2.02. The maximum Gasteiger partial charge on any atom is 0.454 e. The van der Waals surface area contributed by atoms with E-state index in [2.05, 4.69) is 0 Å². The average molecular weight is 194 g/mol. The number of amides is 2. The standard InChI is InChI=1S/C8H6N2O4/c11-7(12)9-5-2-1-3-6(4-5)10-8(13)14/h1-4,9-10H. The normalized spacial score (nSPS) is 9.14. The molecular formula is C8H6N2O4. The number of nitrogens with one attached hydrogen (secondary N) is 2. The maximum absolute atomic E-state index is 10.1. The molecule has 0 atom stereocenters. The van der Waals surface area contributed by atoms with Gasteiger partial charge in [0.1, 0.15) is 0 Å². The SMILES string of the molecule is [O]C(=O)Nc1cccc(NC([O])=O)c1. The lowest BCUT2D eigenvalue weighted by atomic mass is 10.3.